The number of benzene rings is 1. The first-order chi connectivity index (χ1) is 13.7. The molecule has 5 amide bonds. The summed E-state index contributed by atoms with van der Waals surface area (Å²) in [6.07, 6.45) is 1.53. The highest BCUT2D eigenvalue weighted by atomic mass is 16.2. The average Bonchev–Trinajstić information content (AvgIpc) is 2.92. The molecule has 29 heavy (non-hydrogen) atoms. The Bertz CT molecular complexity index is 959. The summed E-state index contributed by atoms with van der Waals surface area (Å²) in [6.45, 7) is 1.11. The second-order valence-corrected chi connectivity index (χ2v) is 6.99. The molecule has 1 aliphatic heterocycles. The van der Waals surface area contributed by atoms with Gasteiger partial charge in [-0.15, -0.1) is 0 Å². The van der Waals surface area contributed by atoms with Crippen molar-refractivity contribution in [2.75, 3.05) is 26.0 Å². The molecule has 1 saturated heterocycles. The Kier molecular flexibility index (Phi) is 5.31. The maximum Gasteiger partial charge on any atom is 0.325 e. The van der Waals surface area contributed by atoms with Crippen molar-refractivity contribution in [3.8, 4) is 0 Å². The van der Waals surface area contributed by atoms with Crippen LogP contribution >= 0.6 is 0 Å². The highest BCUT2D eigenvalue weighted by molar-refractivity contribution is 6.10. The second-order valence-electron chi connectivity index (χ2n) is 6.99. The zero-order chi connectivity index (χ0) is 21.2. The van der Waals surface area contributed by atoms with E-state index >= 15 is 0 Å². The van der Waals surface area contributed by atoms with E-state index in [1.807, 2.05) is 0 Å². The standard InChI is InChI=1S/C20H21N5O4/c1-20(15-6-4-5-11-21-15)18(28)25(19(29)23-20)12-16(26)22-14-9-7-13(8-10-14)17(27)24(2)3/h4-11H,12H2,1-3H3,(H,22,26)(H,23,29). The molecule has 2 N–H and O–H groups in total. The van der Waals surface area contributed by atoms with Crippen LogP contribution in [-0.2, 0) is 15.1 Å². The normalized spacial score (nSPS) is 18.4. The molecule has 0 spiro atoms. The quantitative estimate of drug-likeness (QED) is 0.739. The van der Waals surface area contributed by atoms with Crippen LogP contribution in [0.25, 0.3) is 0 Å². The van der Waals surface area contributed by atoms with Gasteiger partial charge >= 0.3 is 6.03 Å². The van der Waals surface area contributed by atoms with Gasteiger partial charge in [-0.1, -0.05) is 6.07 Å². The zero-order valence-corrected chi connectivity index (χ0v) is 16.3. The van der Waals surface area contributed by atoms with Crippen LogP contribution in [-0.4, -0.2) is 59.2 Å². The Morgan fingerprint density at radius 3 is 2.41 bits per heavy atom. The molecule has 1 aromatic carbocycles. The van der Waals surface area contributed by atoms with E-state index in [9.17, 15) is 19.2 Å². The van der Waals surface area contributed by atoms with Crippen molar-refractivity contribution in [3.63, 3.8) is 0 Å². The third kappa shape index (κ3) is 3.93. The number of carbonyl (C=O) groups is 4. The Labute approximate surface area is 167 Å². The van der Waals surface area contributed by atoms with Gasteiger partial charge in [-0.05, 0) is 43.3 Å². The number of nitrogens with one attached hydrogen (secondary N) is 2. The van der Waals surface area contributed by atoms with Crippen molar-refractivity contribution in [1.82, 2.24) is 20.1 Å². The summed E-state index contributed by atoms with van der Waals surface area (Å²) in [6, 6.07) is 10.7. The van der Waals surface area contributed by atoms with E-state index in [-0.39, 0.29) is 5.91 Å². The second kappa shape index (κ2) is 7.70. The Morgan fingerprint density at radius 1 is 1.14 bits per heavy atom. The highest BCUT2D eigenvalue weighted by Gasteiger charge is 2.50. The predicted octanol–water partition coefficient (Wildman–Crippen LogP) is 1.19. The molecular weight excluding hydrogens is 374 g/mol. The molecule has 1 atom stereocenters. The number of urea groups is 1. The fourth-order valence-electron chi connectivity index (χ4n) is 2.97. The molecule has 1 fully saturated rings. The summed E-state index contributed by atoms with van der Waals surface area (Å²) in [4.78, 5) is 55.8. The molecule has 0 saturated carbocycles. The minimum atomic E-state index is -1.33. The minimum Gasteiger partial charge on any atom is -0.345 e. The van der Waals surface area contributed by atoms with E-state index in [1.165, 1.54) is 11.1 Å². The van der Waals surface area contributed by atoms with Gasteiger partial charge in [0.05, 0.1) is 5.69 Å². The van der Waals surface area contributed by atoms with Crippen molar-refractivity contribution >= 4 is 29.4 Å². The van der Waals surface area contributed by atoms with Gasteiger partial charge in [0.1, 0.15) is 6.54 Å². The van der Waals surface area contributed by atoms with E-state index in [1.54, 1.807) is 63.5 Å². The molecule has 1 aliphatic rings. The number of imide groups is 1. The Morgan fingerprint density at radius 2 is 1.83 bits per heavy atom. The molecule has 1 unspecified atom stereocenters. The maximum atomic E-state index is 12.8. The largest absolute Gasteiger partial charge is 0.345 e. The number of hydrogen-bond acceptors (Lipinski definition) is 5. The van der Waals surface area contributed by atoms with Crippen LogP contribution in [0.4, 0.5) is 10.5 Å². The number of rotatable bonds is 5. The zero-order valence-electron chi connectivity index (χ0n) is 16.3. The first kappa shape index (κ1) is 20.0. The first-order valence-corrected chi connectivity index (χ1v) is 8.89. The fourth-order valence-corrected chi connectivity index (χ4v) is 2.97. The van der Waals surface area contributed by atoms with E-state index in [0.717, 1.165) is 4.90 Å². The van der Waals surface area contributed by atoms with Crippen LogP contribution in [0.2, 0.25) is 0 Å². The smallest absolute Gasteiger partial charge is 0.325 e. The number of carbonyl (C=O) groups excluding carboxylic acids is 4. The summed E-state index contributed by atoms with van der Waals surface area (Å²) in [5.74, 6) is -1.25. The summed E-state index contributed by atoms with van der Waals surface area (Å²) < 4.78 is 0. The number of aromatic nitrogens is 1. The Hall–Kier alpha value is -3.75. The van der Waals surface area contributed by atoms with Gasteiger partial charge in [0.15, 0.2) is 5.54 Å². The van der Waals surface area contributed by atoms with Gasteiger partial charge in [-0.2, -0.15) is 0 Å². The molecule has 3 rings (SSSR count). The van der Waals surface area contributed by atoms with Crippen LogP contribution < -0.4 is 10.6 Å². The predicted molar refractivity (Wildman–Crippen MR) is 105 cm³/mol. The van der Waals surface area contributed by atoms with Crippen LogP contribution in [0.1, 0.15) is 23.0 Å². The molecule has 0 radical (unpaired) electrons. The van der Waals surface area contributed by atoms with Crippen LogP contribution in [0.15, 0.2) is 48.7 Å². The number of pyridine rings is 1. The van der Waals surface area contributed by atoms with Crippen molar-refractivity contribution in [2.45, 2.75) is 12.5 Å². The average molecular weight is 395 g/mol. The SMILES string of the molecule is CN(C)C(=O)c1ccc(NC(=O)CN2C(=O)NC(C)(c3ccccn3)C2=O)cc1. The van der Waals surface area contributed by atoms with Gasteiger partial charge in [-0.25, -0.2) is 4.79 Å². The van der Waals surface area contributed by atoms with Gasteiger partial charge in [0.25, 0.3) is 11.8 Å². The van der Waals surface area contributed by atoms with Crippen LogP contribution in [0.3, 0.4) is 0 Å². The molecule has 2 aromatic rings. The topological polar surface area (TPSA) is 112 Å². The van der Waals surface area contributed by atoms with Gasteiger partial charge < -0.3 is 15.5 Å². The lowest BCUT2D eigenvalue weighted by Crippen LogP contribution is -2.42. The molecule has 1 aromatic heterocycles. The summed E-state index contributed by atoms with van der Waals surface area (Å²) in [7, 11) is 3.30. The number of amides is 5. The van der Waals surface area contributed by atoms with Crippen LogP contribution in [0.5, 0.6) is 0 Å². The molecule has 9 heteroatoms. The molecule has 9 nitrogen and oxygen atoms in total. The molecule has 2 heterocycles. The van der Waals surface area contributed by atoms with E-state index in [0.29, 0.717) is 16.9 Å². The fraction of sp³-hybridized carbons (Fsp3) is 0.250. The lowest BCUT2D eigenvalue weighted by Gasteiger charge is -2.20. The molecule has 0 bridgehead atoms. The van der Waals surface area contributed by atoms with E-state index in [4.69, 9.17) is 0 Å². The van der Waals surface area contributed by atoms with E-state index < -0.39 is 29.9 Å². The number of hydrogen-bond donors (Lipinski definition) is 2. The summed E-state index contributed by atoms with van der Waals surface area (Å²) in [5, 5.41) is 5.22. The van der Waals surface area contributed by atoms with Gasteiger partial charge in [0.2, 0.25) is 5.91 Å². The monoisotopic (exact) mass is 395 g/mol. The first-order valence-electron chi connectivity index (χ1n) is 8.89. The van der Waals surface area contributed by atoms with Crippen molar-refractivity contribution < 1.29 is 19.2 Å². The third-order valence-corrected chi connectivity index (χ3v) is 4.58. The summed E-state index contributed by atoms with van der Waals surface area (Å²) in [5.41, 5.74) is -0.00669. The lowest BCUT2D eigenvalue weighted by atomic mass is 9.97. The van der Waals surface area contributed by atoms with Crippen LogP contribution in [0, 0.1) is 0 Å². The summed E-state index contributed by atoms with van der Waals surface area (Å²) >= 11 is 0. The number of anilines is 1. The van der Waals surface area contributed by atoms with Gasteiger partial charge in [-0.3, -0.25) is 24.3 Å². The third-order valence-electron chi connectivity index (χ3n) is 4.58. The lowest BCUT2D eigenvalue weighted by molar-refractivity contribution is -0.133. The number of nitrogens with zero attached hydrogens (tertiary/aromatic N) is 3. The van der Waals surface area contributed by atoms with Crippen molar-refractivity contribution in [1.29, 1.82) is 0 Å². The molecule has 0 aliphatic carbocycles. The maximum absolute atomic E-state index is 12.8. The van der Waals surface area contributed by atoms with Crippen molar-refractivity contribution in [3.05, 3.63) is 59.9 Å². The molecular formula is C20H21N5O4. The highest BCUT2D eigenvalue weighted by Crippen LogP contribution is 2.27. The van der Waals surface area contributed by atoms with Gasteiger partial charge in [0, 0.05) is 31.5 Å². The van der Waals surface area contributed by atoms with Crippen molar-refractivity contribution in [2.24, 2.45) is 0 Å². The molecule has 150 valence electrons. The van der Waals surface area contributed by atoms with E-state index in [2.05, 4.69) is 15.6 Å². The minimum absolute atomic E-state index is 0.156. The Balaban J connectivity index is 1.67.